The summed E-state index contributed by atoms with van der Waals surface area (Å²) in [5, 5.41) is 5.95. The number of amides is 2. The highest BCUT2D eigenvalue weighted by Crippen LogP contribution is 2.29. The minimum absolute atomic E-state index is 0.111. The summed E-state index contributed by atoms with van der Waals surface area (Å²) in [5.41, 5.74) is 4.62. The molecule has 4 rings (SSSR count). The number of hydrogen-bond donors (Lipinski definition) is 2. The van der Waals surface area contributed by atoms with Crippen molar-refractivity contribution in [1.82, 2.24) is 10.2 Å². The lowest BCUT2D eigenvalue weighted by molar-refractivity contribution is -0.118. The second kappa shape index (κ2) is 12.9. The highest BCUT2D eigenvalue weighted by molar-refractivity contribution is 6.02. The van der Waals surface area contributed by atoms with E-state index in [0.29, 0.717) is 23.5 Å². The number of para-hydroxylation sites is 1. The number of ether oxygens (including phenoxy) is 1. The van der Waals surface area contributed by atoms with Gasteiger partial charge in [0.05, 0.1) is 5.56 Å². The summed E-state index contributed by atoms with van der Waals surface area (Å²) in [5.74, 6) is 0.209. The topological polar surface area (TPSA) is 73.9 Å². The average molecular weight is 501 g/mol. The molecule has 0 radical (unpaired) electrons. The van der Waals surface area contributed by atoms with E-state index in [1.54, 1.807) is 18.2 Å². The highest BCUT2D eigenvalue weighted by atomic mass is 16.5. The van der Waals surface area contributed by atoms with Gasteiger partial charge < -0.3 is 25.2 Å². The number of likely N-dealkylation sites (N-methyl/N-ethyl adjacent to an activating group) is 1. The first-order valence-electron chi connectivity index (χ1n) is 13.0. The van der Waals surface area contributed by atoms with Crippen LogP contribution in [-0.4, -0.2) is 56.0 Å². The van der Waals surface area contributed by atoms with Crippen molar-refractivity contribution >= 4 is 23.2 Å². The Morgan fingerprint density at radius 3 is 2.43 bits per heavy atom. The number of rotatable bonds is 11. The standard InChI is InChI=1S/C30H36N4O3/c1-3-33(4-2)19-17-31-30(36)27-20-25(32-29(35)22-37-26-12-6-5-7-13-26)14-15-28(27)34-18-16-23-10-8-9-11-24(23)21-34/h5-15,20H,3-4,16-19,21-22H2,1-2H3,(H,31,36)(H,32,35). The molecule has 194 valence electrons. The van der Waals surface area contributed by atoms with Crippen LogP contribution in [0.1, 0.15) is 35.3 Å². The van der Waals surface area contributed by atoms with E-state index in [1.165, 1.54) is 11.1 Å². The van der Waals surface area contributed by atoms with Gasteiger partial charge in [-0.05, 0) is 61.0 Å². The number of fused-ring (bicyclic) bond motifs is 1. The van der Waals surface area contributed by atoms with E-state index in [4.69, 9.17) is 4.74 Å². The first-order chi connectivity index (χ1) is 18.1. The van der Waals surface area contributed by atoms with Crippen molar-refractivity contribution in [2.24, 2.45) is 0 Å². The molecular formula is C30H36N4O3. The fraction of sp³-hybridized carbons (Fsp3) is 0.333. The van der Waals surface area contributed by atoms with E-state index >= 15 is 0 Å². The zero-order valence-electron chi connectivity index (χ0n) is 21.7. The van der Waals surface area contributed by atoms with Gasteiger partial charge in [-0.3, -0.25) is 9.59 Å². The fourth-order valence-electron chi connectivity index (χ4n) is 4.60. The van der Waals surface area contributed by atoms with Gasteiger partial charge in [-0.1, -0.05) is 56.3 Å². The summed E-state index contributed by atoms with van der Waals surface area (Å²) < 4.78 is 5.56. The number of hydrogen-bond acceptors (Lipinski definition) is 5. The third kappa shape index (κ3) is 7.11. The maximum atomic E-state index is 13.4. The number of carbonyl (C=O) groups excluding carboxylic acids is 2. The molecule has 37 heavy (non-hydrogen) atoms. The lowest BCUT2D eigenvalue weighted by Crippen LogP contribution is -2.36. The molecule has 1 aliphatic heterocycles. The summed E-state index contributed by atoms with van der Waals surface area (Å²) in [6.07, 6.45) is 0.925. The minimum Gasteiger partial charge on any atom is -0.484 e. The zero-order valence-corrected chi connectivity index (χ0v) is 21.7. The van der Waals surface area contributed by atoms with E-state index in [-0.39, 0.29) is 18.4 Å². The van der Waals surface area contributed by atoms with Crippen LogP contribution in [-0.2, 0) is 17.8 Å². The predicted molar refractivity (Wildman–Crippen MR) is 148 cm³/mol. The maximum Gasteiger partial charge on any atom is 0.262 e. The molecule has 0 fully saturated rings. The molecule has 3 aromatic rings. The molecule has 7 heteroatoms. The van der Waals surface area contributed by atoms with Crippen molar-refractivity contribution in [2.45, 2.75) is 26.8 Å². The van der Waals surface area contributed by atoms with Gasteiger partial charge in [0.15, 0.2) is 6.61 Å². The molecule has 7 nitrogen and oxygen atoms in total. The van der Waals surface area contributed by atoms with Crippen molar-refractivity contribution < 1.29 is 14.3 Å². The Hall–Kier alpha value is -3.84. The molecular weight excluding hydrogens is 464 g/mol. The molecule has 0 unspecified atom stereocenters. The molecule has 0 atom stereocenters. The molecule has 2 amide bonds. The van der Waals surface area contributed by atoms with E-state index < -0.39 is 0 Å². The number of nitrogens with zero attached hydrogens (tertiary/aromatic N) is 2. The first kappa shape index (κ1) is 26.2. The second-order valence-corrected chi connectivity index (χ2v) is 9.10. The largest absolute Gasteiger partial charge is 0.484 e. The summed E-state index contributed by atoms with van der Waals surface area (Å²) in [6, 6.07) is 23.2. The average Bonchev–Trinajstić information content (AvgIpc) is 2.94. The van der Waals surface area contributed by atoms with Crippen molar-refractivity contribution in [1.29, 1.82) is 0 Å². The molecule has 2 N–H and O–H groups in total. The number of benzene rings is 3. The van der Waals surface area contributed by atoms with Crippen molar-refractivity contribution in [3.8, 4) is 5.75 Å². The second-order valence-electron chi connectivity index (χ2n) is 9.10. The molecule has 0 saturated heterocycles. The molecule has 1 heterocycles. The van der Waals surface area contributed by atoms with Crippen LogP contribution in [0.15, 0.2) is 72.8 Å². The highest BCUT2D eigenvalue weighted by Gasteiger charge is 2.22. The lowest BCUT2D eigenvalue weighted by Gasteiger charge is -2.32. The van der Waals surface area contributed by atoms with Gasteiger partial charge in [-0.15, -0.1) is 0 Å². The Kier molecular flexibility index (Phi) is 9.16. The van der Waals surface area contributed by atoms with E-state index in [2.05, 4.69) is 58.5 Å². The van der Waals surface area contributed by atoms with Crippen LogP contribution in [0.5, 0.6) is 5.75 Å². The molecule has 3 aromatic carbocycles. The minimum atomic E-state index is -0.281. The van der Waals surface area contributed by atoms with Crippen LogP contribution in [0, 0.1) is 0 Å². The Balaban J connectivity index is 1.50. The van der Waals surface area contributed by atoms with Crippen molar-refractivity contribution in [3.63, 3.8) is 0 Å². The number of carbonyl (C=O) groups is 2. The van der Waals surface area contributed by atoms with Crippen LogP contribution in [0.2, 0.25) is 0 Å². The van der Waals surface area contributed by atoms with Gasteiger partial charge in [0.2, 0.25) is 0 Å². The molecule has 0 aliphatic carbocycles. The fourth-order valence-corrected chi connectivity index (χ4v) is 4.60. The predicted octanol–water partition coefficient (Wildman–Crippen LogP) is 4.34. The van der Waals surface area contributed by atoms with Gasteiger partial charge in [0.25, 0.3) is 11.8 Å². The summed E-state index contributed by atoms with van der Waals surface area (Å²) >= 11 is 0. The Morgan fingerprint density at radius 2 is 1.68 bits per heavy atom. The van der Waals surface area contributed by atoms with Crippen LogP contribution in [0.4, 0.5) is 11.4 Å². The zero-order chi connectivity index (χ0) is 26.0. The Labute approximate surface area is 219 Å². The van der Waals surface area contributed by atoms with E-state index in [9.17, 15) is 9.59 Å². The molecule has 0 bridgehead atoms. The third-order valence-electron chi connectivity index (χ3n) is 6.72. The Bertz CT molecular complexity index is 1190. The molecule has 0 spiro atoms. The van der Waals surface area contributed by atoms with Gasteiger partial charge in [0, 0.05) is 37.6 Å². The normalized spacial score (nSPS) is 12.7. The van der Waals surface area contributed by atoms with Gasteiger partial charge in [-0.2, -0.15) is 0 Å². The van der Waals surface area contributed by atoms with Crippen molar-refractivity contribution in [2.75, 3.05) is 49.5 Å². The van der Waals surface area contributed by atoms with E-state index in [1.807, 2.05) is 30.3 Å². The first-order valence-corrected chi connectivity index (χ1v) is 13.0. The summed E-state index contributed by atoms with van der Waals surface area (Å²) in [6.45, 7) is 8.92. The van der Waals surface area contributed by atoms with Gasteiger partial charge in [-0.25, -0.2) is 0 Å². The van der Waals surface area contributed by atoms with Crippen LogP contribution < -0.4 is 20.3 Å². The van der Waals surface area contributed by atoms with Crippen LogP contribution in [0.3, 0.4) is 0 Å². The van der Waals surface area contributed by atoms with Crippen LogP contribution in [0.25, 0.3) is 0 Å². The molecule has 0 saturated carbocycles. The third-order valence-corrected chi connectivity index (χ3v) is 6.72. The van der Waals surface area contributed by atoms with Gasteiger partial charge >= 0.3 is 0 Å². The summed E-state index contributed by atoms with van der Waals surface area (Å²) in [7, 11) is 0. The number of anilines is 2. The number of nitrogens with one attached hydrogen (secondary N) is 2. The smallest absolute Gasteiger partial charge is 0.262 e. The van der Waals surface area contributed by atoms with Gasteiger partial charge in [0.1, 0.15) is 5.75 Å². The van der Waals surface area contributed by atoms with Crippen LogP contribution >= 0.6 is 0 Å². The van der Waals surface area contributed by atoms with Crippen molar-refractivity contribution in [3.05, 3.63) is 89.5 Å². The quantitative estimate of drug-likeness (QED) is 0.410. The molecule has 0 aromatic heterocycles. The SMILES string of the molecule is CCN(CC)CCNC(=O)c1cc(NC(=O)COc2ccccc2)ccc1N1CCc2ccccc2C1. The monoisotopic (exact) mass is 500 g/mol. The maximum absolute atomic E-state index is 13.4. The van der Waals surface area contributed by atoms with E-state index in [0.717, 1.165) is 44.8 Å². The summed E-state index contributed by atoms with van der Waals surface area (Å²) in [4.78, 5) is 30.4. The molecule has 1 aliphatic rings. The Morgan fingerprint density at radius 1 is 0.946 bits per heavy atom. The lowest BCUT2D eigenvalue weighted by atomic mass is 9.98.